The topological polar surface area (TPSA) is 48.9 Å². The van der Waals surface area contributed by atoms with Crippen molar-refractivity contribution in [1.29, 1.82) is 0 Å². The second-order valence-corrected chi connectivity index (χ2v) is 8.17. The van der Waals surface area contributed by atoms with Crippen LogP contribution in [0.4, 0.5) is 0 Å². The molecule has 0 aliphatic carbocycles. The minimum Gasteiger partial charge on any atom is -0.380 e. The van der Waals surface area contributed by atoms with Crippen LogP contribution in [0.2, 0.25) is 0 Å². The molecule has 0 aromatic heterocycles. The fourth-order valence-corrected chi connectivity index (χ4v) is 3.73. The van der Waals surface area contributed by atoms with Crippen LogP contribution < -0.4 is 10.6 Å². The Hall–Kier alpha value is -1.59. The van der Waals surface area contributed by atoms with Crippen LogP contribution in [0.3, 0.4) is 0 Å². The van der Waals surface area contributed by atoms with Crippen molar-refractivity contribution in [2.75, 3.05) is 32.8 Å². The van der Waals surface area contributed by atoms with E-state index >= 15 is 0 Å². The molecule has 2 unspecified atom stereocenters. The largest absolute Gasteiger partial charge is 0.380 e. The summed E-state index contributed by atoms with van der Waals surface area (Å²) in [5, 5.41) is 7.06. The second kappa shape index (κ2) is 8.87. The van der Waals surface area contributed by atoms with Crippen molar-refractivity contribution >= 4 is 5.96 Å². The van der Waals surface area contributed by atoms with Gasteiger partial charge in [-0.25, -0.2) is 0 Å². The highest BCUT2D eigenvalue weighted by Gasteiger charge is 2.33. The molecule has 2 saturated heterocycles. The summed E-state index contributed by atoms with van der Waals surface area (Å²) in [5.74, 6) is 0.953. The fraction of sp³-hybridized carbons (Fsp3) is 0.667. The molecule has 0 radical (unpaired) electrons. The SMILES string of the molecule is CCNC(=NCC1(C)COC1)NC1CCN(Cc2ccccc2)C(C)C1. The van der Waals surface area contributed by atoms with Gasteiger partial charge < -0.3 is 15.4 Å². The molecule has 3 rings (SSSR count). The summed E-state index contributed by atoms with van der Waals surface area (Å²) >= 11 is 0. The average molecular weight is 359 g/mol. The number of ether oxygens (including phenoxy) is 1. The predicted molar refractivity (Wildman–Crippen MR) is 107 cm³/mol. The summed E-state index contributed by atoms with van der Waals surface area (Å²) < 4.78 is 5.34. The number of rotatable bonds is 6. The van der Waals surface area contributed by atoms with E-state index in [-0.39, 0.29) is 5.41 Å². The maximum Gasteiger partial charge on any atom is 0.191 e. The molecule has 0 saturated carbocycles. The lowest BCUT2D eigenvalue weighted by atomic mass is 9.89. The lowest BCUT2D eigenvalue weighted by Crippen LogP contribution is -2.51. The summed E-state index contributed by atoms with van der Waals surface area (Å²) in [4.78, 5) is 7.40. The number of nitrogens with one attached hydrogen (secondary N) is 2. The van der Waals surface area contributed by atoms with Crippen molar-refractivity contribution < 1.29 is 4.74 Å². The first kappa shape index (κ1) is 19.2. The van der Waals surface area contributed by atoms with Gasteiger partial charge in [0.25, 0.3) is 0 Å². The maximum atomic E-state index is 5.34. The van der Waals surface area contributed by atoms with E-state index in [0.29, 0.717) is 12.1 Å². The second-order valence-electron chi connectivity index (χ2n) is 8.17. The van der Waals surface area contributed by atoms with Crippen LogP contribution in [0.5, 0.6) is 0 Å². The highest BCUT2D eigenvalue weighted by atomic mass is 16.5. The Labute approximate surface area is 158 Å². The van der Waals surface area contributed by atoms with Crippen LogP contribution in [0.15, 0.2) is 35.3 Å². The van der Waals surface area contributed by atoms with E-state index in [1.54, 1.807) is 0 Å². The minimum absolute atomic E-state index is 0.217. The number of piperidine rings is 1. The highest BCUT2D eigenvalue weighted by molar-refractivity contribution is 5.80. The van der Waals surface area contributed by atoms with Gasteiger partial charge >= 0.3 is 0 Å². The first-order chi connectivity index (χ1) is 12.6. The van der Waals surface area contributed by atoms with E-state index in [1.165, 1.54) is 5.56 Å². The van der Waals surface area contributed by atoms with Gasteiger partial charge in [-0.05, 0) is 32.3 Å². The third-order valence-electron chi connectivity index (χ3n) is 5.45. The van der Waals surface area contributed by atoms with Gasteiger partial charge in [0.05, 0.1) is 19.8 Å². The van der Waals surface area contributed by atoms with Gasteiger partial charge in [0.15, 0.2) is 5.96 Å². The molecular formula is C21H34N4O. The fourth-order valence-electron chi connectivity index (χ4n) is 3.73. The van der Waals surface area contributed by atoms with Gasteiger partial charge in [-0.2, -0.15) is 0 Å². The number of likely N-dealkylation sites (tertiary alicyclic amines) is 1. The third kappa shape index (κ3) is 5.21. The van der Waals surface area contributed by atoms with Crippen molar-refractivity contribution in [3.05, 3.63) is 35.9 Å². The smallest absolute Gasteiger partial charge is 0.191 e. The van der Waals surface area contributed by atoms with Crippen molar-refractivity contribution in [3.8, 4) is 0 Å². The predicted octanol–water partition coefficient (Wildman–Crippen LogP) is 2.63. The third-order valence-corrected chi connectivity index (χ3v) is 5.45. The lowest BCUT2D eigenvalue weighted by Gasteiger charge is -2.39. The van der Waals surface area contributed by atoms with Gasteiger partial charge in [-0.1, -0.05) is 37.3 Å². The first-order valence-electron chi connectivity index (χ1n) is 9.98. The Kier molecular flexibility index (Phi) is 6.54. The van der Waals surface area contributed by atoms with Gasteiger partial charge in [0.2, 0.25) is 0 Å². The lowest BCUT2D eigenvalue weighted by molar-refractivity contribution is -0.0945. The molecule has 0 bridgehead atoms. The number of benzene rings is 1. The van der Waals surface area contributed by atoms with E-state index in [2.05, 4.69) is 66.6 Å². The molecule has 2 atom stereocenters. The van der Waals surface area contributed by atoms with E-state index in [4.69, 9.17) is 9.73 Å². The first-order valence-corrected chi connectivity index (χ1v) is 9.98. The molecular weight excluding hydrogens is 324 g/mol. The Morgan fingerprint density at radius 1 is 1.31 bits per heavy atom. The van der Waals surface area contributed by atoms with Crippen LogP contribution >= 0.6 is 0 Å². The number of hydrogen-bond donors (Lipinski definition) is 2. The molecule has 26 heavy (non-hydrogen) atoms. The van der Waals surface area contributed by atoms with Gasteiger partial charge in [-0.15, -0.1) is 0 Å². The molecule has 2 aliphatic rings. The molecule has 5 nitrogen and oxygen atoms in total. The van der Waals surface area contributed by atoms with Crippen LogP contribution in [0, 0.1) is 5.41 Å². The Bertz CT molecular complexity index is 585. The van der Waals surface area contributed by atoms with Crippen LogP contribution in [-0.4, -0.2) is 55.8 Å². The minimum atomic E-state index is 0.217. The Morgan fingerprint density at radius 2 is 2.08 bits per heavy atom. The Morgan fingerprint density at radius 3 is 2.69 bits per heavy atom. The zero-order chi connectivity index (χ0) is 18.4. The standard InChI is InChI=1S/C21H34N4O/c1-4-22-20(23-14-21(3)15-26-16-21)24-19-10-11-25(17(2)12-19)13-18-8-6-5-7-9-18/h5-9,17,19H,4,10-16H2,1-3H3,(H2,22,23,24). The van der Waals surface area contributed by atoms with Crippen LogP contribution in [-0.2, 0) is 11.3 Å². The quantitative estimate of drug-likeness (QED) is 0.606. The van der Waals surface area contributed by atoms with Gasteiger partial charge in [0, 0.05) is 37.1 Å². The van der Waals surface area contributed by atoms with Crippen LogP contribution in [0.25, 0.3) is 0 Å². The van der Waals surface area contributed by atoms with Crippen LogP contribution in [0.1, 0.15) is 39.2 Å². The monoisotopic (exact) mass is 358 g/mol. The van der Waals surface area contributed by atoms with Crippen molar-refractivity contribution in [2.24, 2.45) is 10.4 Å². The molecule has 1 aromatic carbocycles. The van der Waals surface area contributed by atoms with Gasteiger partial charge in [0.1, 0.15) is 0 Å². The van der Waals surface area contributed by atoms with Gasteiger partial charge in [-0.3, -0.25) is 9.89 Å². The molecule has 2 fully saturated rings. The number of hydrogen-bond acceptors (Lipinski definition) is 3. The zero-order valence-electron chi connectivity index (χ0n) is 16.5. The molecule has 2 aliphatic heterocycles. The van der Waals surface area contributed by atoms with E-state index in [9.17, 15) is 0 Å². The summed E-state index contributed by atoms with van der Waals surface area (Å²) in [6.45, 7) is 12.2. The number of aliphatic imine (C=N–C) groups is 1. The molecule has 0 amide bonds. The number of nitrogens with zero attached hydrogens (tertiary/aromatic N) is 2. The average Bonchev–Trinajstić information content (AvgIpc) is 2.61. The molecule has 144 valence electrons. The van der Waals surface area contributed by atoms with Crippen molar-refractivity contribution in [3.63, 3.8) is 0 Å². The summed E-state index contributed by atoms with van der Waals surface area (Å²) in [6.07, 6.45) is 2.31. The molecule has 5 heteroatoms. The van der Waals surface area contributed by atoms with E-state index in [1.807, 2.05) is 0 Å². The maximum absolute atomic E-state index is 5.34. The summed E-state index contributed by atoms with van der Waals surface area (Å²) in [7, 11) is 0. The highest BCUT2D eigenvalue weighted by Crippen LogP contribution is 2.26. The molecule has 2 N–H and O–H groups in total. The molecule has 0 spiro atoms. The molecule has 1 aromatic rings. The zero-order valence-corrected chi connectivity index (χ0v) is 16.5. The Balaban J connectivity index is 1.51. The van der Waals surface area contributed by atoms with Crippen molar-refractivity contribution in [1.82, 2.24) is 15.5 Å². The normalized spacial score (nSPS) is 26.2. The molecule has 2 heterocycles. The number of guanidine groups is 1. The van der Waals surface area contributed by atoms with Crippen molar-refractivity contribution in [2.45, 2.75) is 52.2 Å². The summed E-state index contributed by atoms with van der Waals surface area (Å²) in [6, 6.07) is 11.8. The van der Waals surface area contributed by atoms with E-state index in [0.717, 1.165) is 58.2 Å². The van der Waals surface area contributed by atoms with E-state index < -0.39 is 0 Å². The summed E-state index contributed by atoms with van der Waals surface area (Å²) in [5.41, 5.74) is 1.62.